The van der Waals surface area contributed by atoms with Crippen molar-refractivity contribution in [2.45, 2.75) is 18.3 Å². The minimum atomic E-state index is -0.536. The lowest BCUT2D eigenvalue weighted by Crippen LogP contribution is -2.21. The fourth-order valence-corrected chi connectivity index (χ4v) is 0.986. The molecule has 1 aliphatic heterocycles. The first-order valence-electron chi connectivity index (χ1n) is 3.57. The van der Waals surface area contributed by atoms with Gasteiger partial charge in [-0.3, -0.25) is 0 Å². The molecule has 5 heteroatoms. The Bertz CT molecular complexity index is 215. The standard InChI is InChI=1S/C7H10ClNO3/c1-4(8)6-9-5(3-12-6)7(10)11-2/h4-5H,3H2,1-2H3. The molecular formula is C7H10ClNO3. The fourth-order valence-electron chi connectivity index (χ4n) is 0.867. The number of nitrogens with zero attached hydrogens (tertiary/aromatic N) is 1. The van der Waals surface area contributed by atoms with Crippen LogP contribution in [0.5, 0.6) is 0 Å². The predicted molar refractivity (Wildman–Crippen MR) is 44.5 cm³/mol. The van der Waals surface area contributed by atoms with Crippen LogP contribution in [-0.4, -0.2) is 37.0 Å². The summed E-state index contributed by atoms with van der Waals surface area (Å²) in [6, 6.07) is -0.536. The van der Waals surface area contributed by atoms with Crippen LogP contribution >= 0.6 is 11.6 Å². The molecule has 68 valence electrons. The van der Waals surface area contributed by atoms with Crippen LogP contribution < -0.4 is 0 Å². The van der Waals surface area contributed by atoms with E-state index >= 15 is 0 Å². The van der Waals surface area contributed by atoms with Crippen LogP contribution in [0.3, 0.4) is 0 Å². The lowest BCUT2D eigenvalue weighted by atomic mass is 10.3. The normalized spacial score (nSPS) is 24.2. The highest BCUT2D eigenvalue weighted by Crippen LogP contribution is 2.11. The van der Waals surface area contributed by atoms with Crippen LogP contribution in [0.4, 0.5) is 0 Å². The summed E-state index contributed by atoms with van der Waals surface area (Å²) in [4.78, 5) is 14.9. The van der Waals surface area contributed by atoms with Crippen molar-refractivity contribution < 1.29 is 14.3 Å². The highest BCUT2D eigenvalue weighted by Gasteiger charge is 2.28. The summed E-state index contributed by atoms with van der Waals surface area (Å²) >= 11 is 5.69. The maximum atomic E-state index is 10.9. The summed E-state index contributed by atoms with van der Waals surface area (Å²) in [6.45, 7) is 1.97. The van der Waals surface area contributed by atoms with E-state index < -0.39 is 6.04 Å². The van der Waals surface area contributed by atoms with E-state index in [4.69, 9.17) is 16.3 Å². The summed E-state index contributed by atoms with van der Waals surface area (Å²) < 4.78 is 9.56. The summed E-state index contributed by atoms with van der Waals surface area (Å²) in [7, 11) is 1.32. The maximum absolute atomic E-state index is 10.9. The molecule has 1 rings (SSSR count). The van der Waals surface area contributed by atoms with Crippen molar-refractivity contribution in [1.29, 1.82) is 0 Å². The number of aliphatic imine (C=N–C) groups is 1. The summed E-state index contributed by atoms with van der Waals surface area (Å²) in [5.74, 6) is 0.0226. The van der Waals surface area contributed by atoms with Crippen molar-refractivity contribution in [3.05, 3.63) is 0 Å². The molecule has 2 unspecified atom stereocenters. The predicted octanol–water partition coefficient (Wildman–Crippen LogP) is 0.584. The van der Waals surface area contributed by atoms with E-state index in [2.05, 4.69) is 9.73 Å². The number of esters is 1. The van der Waals surface area contributed by atoms with Gasteiger partial charge >= 0.3 is 5.97 Å². The Labute approximate surface area is 75.5 Å². The first kappa shape index (κ1) is 9.32. The largest absolute Gasteiger partial charge is 0.477 e. The average molecular weight is 192 g/mol. The number of rotatable bonds is 2. The van der Waals surface area contributed by atoms with Gasteiger partial charge in [-0.25, -0.2) is 9.79 Å². The maximum Gasteiger partial charge on any atom is 0.334 e. The minimum Gasteiger partial charge on any atom is -0.477 e. The summed E-state index contributed by atoms with van der Waals surface area (Å²) in [5, 5.41) is -0.292. The Kier molecular flexibility index (Phi) is 2.92. The van der Waals surface area contributed by atoms with E-state index in [-0.39, 0.29) is 18.0 Å². The Morgan fingerprint density at radius 2 is 2.58 bits per heavy atom. The van der Waals surface area contributed by atoms with Crippen LogP contribution in [0.15, 0.2) is 4.99 Å². The molecule has 12 heavy (non-hydrogen) atoms. The number of halogens is 1. The number of methoxy groups -OCH3 is 1. The third kappa shape index (κ3) is 1.88. The second-order valence-corrected chi connectivity index (χ2v) is 3.09. The van der Waals surface area contributed by atoms with Gasteiger partial charge in [0.05, 0.1) is 7.11 Å². The number of carbonyl (C=O) groups excluding carboxylic acids is 1. The topological polar surface area (TPSA) is 47.9 Å². The number of ether oxygens (including phenoxy) is 2. The molecule has 0 aromatic carbocycles. The molecule has 0 radical (unpaired) electrons. The summed E-state index contributed by atoms with van der Waals surface area (Å²) in [6.07, 6.45) is 0. The molecule has 2 atom stereocenters. The van der Waals surface area contributed by atoms with Crippen molar-refractivity contribution in [1.82, 2.24) is 0 Å². The molecule has 0 amide bonds. The zero-order valence-electron chi connectivity index (χ0n) is 6.91. The monoisotopic (exact) mass is 191 g/mol. The van der Waals surface area contributed by atoms with Gasteiger partial charge < -0.3 is 9.47 Å². The Balaban J connectivity index is 2.58. The van der Waals surface area contributed by atoms with Gasteiger partial charge in [-0.2, -0.15) is 0 Å². The zero-order chi connectivity index (χ0) is 9.14. The van der Waals surface area contributed by atoms with Crippen LogP contribution in [-0.2, 0) is 14.3 Å². The molecule has 1 heterocycles. The van der Waals surface area contributed by atoms with Gasteiger partial charge in [-0.1, -0.05) is 0 Å². The molecule has 0 aromatic rings. The fraction of sp³-hybridized carbons (Fsp3) is 0.714. The van der Waals surface area contributed by atoms with Crippen molar-refractivity contribution >= 4 is 23.5 Å². The van der Waals surface area contributed by atoms with E-state index in [1.165, 1.54) is 7.11 Å². The highest BCUT2D eigenvalue weighted by atomic mass is 35.5. The molecule has 0 saturated heterocycles. The lowest BCUT2D eigenvalue weighted by molar-refractivity contribution is -0.142. The van der Waals surface area contributed by atoms with Crippen LogP contribution in [0.25, 0.3) is 0 Å². The van der Waals surface area contributed by atoms with Crippen molar-refractivity contribution in [2.24, 2.45) is 4.99 Å². The number of alkyl halides is 1. The third-order valence-electron chi connectivity index (χ3n) is 1.49. The smallest absolute Gasteiger partial charge is 0.334 e. The molecule has 0 bridgehead atoms. The zero-order valence-corrected chi connectivity index (χ0v) is 7.67. The van der Waals surface area contributed by atoms with Gasteiger partial charge in [0, 0.05) is 0 Å². The molecule has 0 aromatic heterocycles. The second kappa shape index (κ2) is 3.76. The van der Waals surface area contributed by atoms with E-state index in [1.54, 1.807) is 6.92 Å². The van der Waals surface area contributed by atoms with Crippen molar-refractivity contribution in [3.63, 3.8) is 0 Å². The summed E-state index contributed by atoms with van der Waals surface area (Å²) in [5.41, 5.74) is 0. The quantitative estimate of drug-likeness (QED) is 0.474. The van der Waals surface area contributed by atoms with Crippen LogP contribution in [0.2, 0.25) is 0 Å². The van der Waals surface area contributed by atoms with E-state index in [9.17, 15) is 4.79 Å². The van der Waals surface area contributed by atoms with Crippen LogP contribution in [0, 0.1) is 0 Å². The lowest BCUT2D eigenvalue weighted by Gasteiger charge is -2.00. The molecule has 0 aliphatic carbocycles. The Hall–Kier alpha value is -0.770. The third-order valence-corrected chi connectivity index (χ3v) is 1.67. The van der Waals surface area contributed by atoms with Gasteiger partial charge in [0.2, 0.25) is 5.90 Å². The first-order valence-corrected chi connectivity index (χ1v) is 4.01. The SMILES string of the molecule is COC(=O)C1COC(C(C)Cl)=N1. The molecule has 0 saturated carbocycles. The average Bonchev–Trinajstić information content (AvgIpc) is 2.51. The number of carbonyl (C=O) groups is 1. The van der Waals surface area contributed by atoms with E-state index in [0.29, 0.717) is 5.90 Å². The van der Waals surface area contributed by atoms with Crippen molar-refractivity contribution in [2.75, 3.05) is 13.7 Å². The Morgan fingerprint density at radius 3 is 3.00 bits per heavy atom. The van der Waals surface area contributed by atoms with Gasteiger partial charge in [0.25, 0.3) is 0 Å². The van der Waals surface area contributed by atoms with E-state index in [0.717, 1.165) is 0 Å². The van der Waals surface area contributed by atoms with Gasteiger partial charge in [-0.05, 0) is 6.92 Å². The molecular weight excluding hydrogens is 182 g/mol. The first-order chi connectivity index (χ1) is 5.65. The highest BCUT2D eigenvalue weighted by molar-refractivity contribution is 6.30. The Morgan fingerprint density at radius 1 is 1.92 bits per heavy atom. The van der Waals surface area contributed by atoms with Gasteiger partial charge in [0.1, 0.15) is 12.0 Å². The molecule has 4 nitrogen and oxygen atoms in total. The molecule has 0 fully saturated rings. The minimum absolute atomic E-state index is 0.235. The molecule has 0 spiro atoms. The van der Waals surface area contributed by atoms with Gasteiger partial charge in [-0.15, -0.1) is 11.6 Å². The van der Waals surface area contributed by atoms with Crippen LogP contribution in [0.1, 0.15) is 6.92 Å². The van der Waals surface area contributed by atoms with E-state index in [1.807, 2.05) is 0 Å². The molecule has 0 N–H and O–H groups in total. The number of hydrogen-bond donors (Lipinski definition) is 0. The molecule has 1 aliphatic rings. The second-order valence-electron chi connectivity index (χ2n) is 2.43. The van der Waals surface area contributed by atoms with Gasteiger partial charge in [0.15, 0.2) is 6.04 Å². The van der Waals surface area contributed by atoms with Crippen molar-refractivity contribution in [3.8, 4) is 0 Å². The number of hydrogen-bond acceptors (Lipinski definition) is 4.